The monoisotopic (exact) mass is 420 g/mol. The molecule has 0 bridgehead atoms. The molecule has 2 aromatic carbocycles. The molecule has 0 aliphatic heterocycles. The molecule has 0 fully saturated rings. The summed E-state index contributed by atoms with van der Waals surface area (Å²) in [5.41, 5.74) is 3.53. The van der Waals surface area contributed by atoms with Gasteiger partial charge in [0, 0.05) is 18.4 Å². The summed E-state index contributed by atoms with van der Waals surface area (Å²) in [5.74, 6) is -0.105. The molecule has 0 aliphatic carbocycles. The fraction of sp³-hybridized carbons (Fsp3) is 0.208. The normalized spacial score (nSPS) is 11.1. The van der Waals surface area contributed by atoms with E-state index in [-0.39, 0.29) is 12.5 Å². The van der Waals surface area contributed by atoms with E-state index in [1.165, 1.54) is 29.9 Å². The van der Waals surface area contributed by atoms with Crippen molar-refractivity contribution in [3.63, 3.8) is 0 Å². The second kappa shape index (κ2) is 9.98. The minimum Gasteiger partial charge on any atom is -0.458 e. The number of anilines is 2. The number of hydrogen-bond donors (Lipinski definition) is 0. The van der Waals surface area contributed by atoms with Gasteiger partial charge in [-0.25, -0.2) is 9.78 Å². The van der Waals surface area contributed by atoms with Gasteiger partial charge >= 0.3 is 5.97 Å². The van der Waals surface area contributed by atoms with Crippen molar-refractivity contribution in [1.82, 2.24) is 4.98 Å². The highest BCUT2D eigenvalue weighted by atomic mass is 32.1. The van der Waals surface area contributed by atoms with Gasteiger partial charge in [-0.3, -0.25) is 9.69 Å². The van der Waals surface area contributed by atoms with Gasteiger partial charge in [-0.1, -0.05) is 56.3 Å². The van der Waals surface area contributed by atoms with Crippen molar-refractivity contribution < 1.29 is 14.3 Å². The van der Waals surface area contributed by atoms with E-state index in [9.17, 15) is 9.59 Å². The molecule has 1 aromatic heterocycles. The van der Waals surface area contributed by atoms with Crippen LogP contribution in [0.25, 0.3) is 6.08 Å². The van der Waals surface area contributed by atoms with E-state index in [0.29, 0.717) is 16.7 Å². The van der Waals surface area contributed by atoms with Gasteiger partial charge in [0.1, 0.15) is 6.61 Å². The maximum atomic E-state index is 12.1. The van der Waals surface area contributed by atoms with Gasteiger partial charge in [-0.2, -0.15) is 0 Å². The summed E-state index contributed by atoms with van der Waals surface area (Å²) in [6.45, 7) is 5.99. The largest absolute Gasteiger partial charge is 0.458 e. The number of carbonyl (C=O) groups excluding carboxylic acids is 2. The first kappa shape index (κ1) is 21.5. The lowest BCUT2D eigenvalue weighted by atomic mass is 10.0. The minimum atomic E-state index is -0.441. The van der Waals surface area contributed by atoms with Crippen LogP contribution in [-0.2, 0) is 20.9 Å². The van der Waals surface area contributed by atoms with Crippen LogP contribution in [0.4, 0.5) is 10.8 Å². The van der Waals surface area contributed by atoms with E-state index in [4.69, 9.17) is 4.74 Å². The van der Waals surface area contributed by atoms with Crippen LogP contribution in [0, 0.1) is 0 Å². The van der Waals surface area contributed by atoms with Crippen molar-refractivity contribution in [2.24, 2.45) is 0 Å². The highest BCUT2D eigenvalue weighted by Crippen LogP contribution is 2.29. The number of aromatic nitrogens is 1. The van der Waals surface area contributed by atoms with Crippen LogP contribution in [0.1, 0.15) is 43.5 Å². The van der Waals surface area contributed by atoms with Gasteiger partial charge in [0.2, 0.25) is 5.91 Å². The van der Waals surface area contributed by atoms with Crippen LogP contribution in [0.15, 0.2) is 66.1 Å². The number of ether oxygens (including phenoxy) is 1. The van der Waals surface area contributed by atoms with E-state index in [1.54, 1.807) is 16.4 Å². The Bertz CT molecular complexity index is 1020. The molecule has 30 heavy (non-hydrogen) atoms. The molecular formula is C24H24N2O3S. The number of benzene rings is 2. The third-order valence-electron chi connectivity index (χ3n) is 4.45. The average molecular weight is 421 g/mol. The second-order valence-electron chi connectivity index (χ2n) is 7.08. The van der Waals surface area contributed by atoms with E-state index in [0.717, 1.165) is 11.3 Å². The number of rotatable bonds is 7. The van der Waals surface area contributed by atoms with Crippen molar-refractivity contribution >= 4 is 40.1 Å². The molecule has 0 N–H and O–H groups in total. The Morgan fingerprint density at radius 2 is 1.80 bits per heavy atom. The Morgan fingerprint density at radius 3 is 2.43 bits per heavy atom. The third kappa shape index (κ3) is 5.64. The zero-order chi connectivity index (χ0) is 21.5. The summed E-state index contributed by atoms with van der Waals surface area (Å²) in [7, 11) is 0. The van der Waals surface area contributed by atoms with Crippen LogP contribution in [-0.4, -0.2) is 16.9 Å². The van der Waals surface area contributed by atoms with Crippen LogP contribution in [0.5, 0.6) is 0 Å². The Morgan fingerprint density at radius 1 is 1.10 bits per heavy atom. The molecule has 0 radical (unpaired) electrons. The SMILES string of the molecule is CC(=O)N(c1ccccc1)c1nc(/C=C/C(=O)OCc2ccc(C(C)C)cc2)cs1. The molecule has 0 saturated carbocycles. The molecule has 5 nitrogen and oxygen atoms in total. The van der Waals surface area contributed by atoms with Crippen LogP contribution < -0.4 is 4.90 Å². The third-order valence-corrected chi connectivity index (χ3v) is 5.29. The number of thiazole rings is 1. The smallest absolute Gasteiger partial charge is 0.331 e. The van der Waals surface area contributed by atoms with Crippen molar-refractivity contribution in [2.75, 3.05) is 4.90 Å². The minimum absolute atomic E-state index is 0.131. The average Bonchev–Trinajstić information content (AvgIpc) is 3.20. The van der Waals surface area contributed by atoms with Crippen molar-refractivity contribution in [1.29, 1.82) is 0 Å². The molecule has 1 amide bonds. The number of para-hydroxylation sites is 1. The summed E-state index contributed by atoms with van der Waals surface area (Å²) in [6.07, 6.45) is 2.94. The Balaban J connectivity index is 1.60. The first-order valence-corrected chi connectivity index (χ1v) is 10.6. The lowest BCUT2D eigenvalue weighted by Crippen LogP contribution is -2.22. The molecule has 6 heteroatoms. The summed E-state index contributed by atoms with van der Waals surface area (Å²) < 4.78 is 5.30. The molecule has 154 valence electrons. The van der Waals surface area contributed by atoms with Crippen LogP contribution in [0.2, 0.25) is 0 Å². The number of amides is 1. The predicted octanol–water partition coefficient (Wildman–Crippen LogP) is 5.71. The van der Waals surface area contributed by atoms with Gasteiger partial charge in [0.15, 0.2) is 5.13 Å². The van der Waals surface area contributed by atoms with Gasteiger partial charge in [0.05, 0.1) is 11.4 Å². The van der Waals surface area contributed by atoms with Gasteiger partial charge in [-0.05, 0) is 35.3 Å². The molecule has 0 unspecified atom stereocenters. The quantitative estimate of drug-likeness (QED) is 0.363. The number of esters is 1. The van der Waals surface area contributed by atoms with E-state index < -0.39 is 5.97 Å². The van der Waals surface area contributed by atoms with Gasteiger partial charge < -0.3 is 4.74 Å². The molecule has 3 aromatic rings. The summed E-state index contributed by atoms with van der Waals surface area (Å²) in [5, 5.41) is 2.34. The zero-order valence-electron chi connectivity index (χ0n) is 17.2. The van der Waals surface area contributed by atoms with Gasteiger partial charge in [-0.15, -0.1) is 11.3 Å². The molecule has 0 spiro atoms. The molecule has 0 saturated heterocycles. The van der Waals surface area contributed by atoms with E-state index in [2.05, 4.69) is 18.8 Å². The van der Waals surface area contributed by atoms with Crippen LogP contribution in [0.3, 0.4) is 0 Å². The Kier molecular flexibility index (Phi) is 7.14. The fourth-order valence-corrected chi connectivity index (χ4v) is 3.67. The highest BCUT2D eigenvalue weighted by molar-refractivity contribution is 7.14. The van der Waals surface area contributed by atoms with Crippen molar-refractivity contribution in [3.8, 4) is 0 Å². The Labute approximate surface area is 180 Å². The number of hydrogen-bond acceptors (Lipinski definition) is 5. The summed E-state index contributed by atoms with van der Waals surface area (Å²) >= 11 is 1.34. The second-order valence-corrected chi connectivity index (χ2v) is 7.92. The summed E-state index contributed by atoms with van der Waals surface area (Å²) in [4.78, 5) is 30.1. The molecule has 0 aliphatic rings. The van der Waals surface area contributed by atoms with Gasteiger partial charge in [0.25, 0.3) is 0 Å². The Hall–Kier alpha value is -3.25. The first-order valence-electron chi connectivity index (χ1n) is 9.69. The van der Waals surface area contributed by atoms with Crippen LogP contribution >= 0.6 is 11.3 Å². The predicted molar refractivity (Wildman–Crippen MR) is 121 cm³/mol. The summed E-state index contributed by atoms with van der Waals surface area (Å²) in [6, 6.07) is 17.4. The topological polar surface area (TPSA) is 59.5 Å². The van der Waals surface area contributed by atoms with E-state index in [1.807, 2.05) is 54.6 Å². The molecule has 1 heterocycles. The van der Waals surface area contributed by atoms with E-state index >= 15 is 0 Å². The first-order chi connectivity index (χ1) is 14.4. The lowest BCUT2D eigenvalue weighted by molar-refractivity contribution is -0.138. The zero-order valence-corrected chi connectivity index (χ0v) is 18.1. The maximum Gasteiger partial charge on any atom is 0.331 e. The lowest BCUT2D eigenvalue weighted by Gasteiger charge is -2.17. The fourth-order valence-electron chi connectivity index (χ4n) is 2.81. The molecular weight excluding hydrogens is 396 g/mol. The number of nitrogens with zero attached hydrogens (tertiary/aromatic N) is 2. The van der Waals surface area contributed by atoms with Crippen molar-refractivity contribution in [3.05, 3.63) is 82.9 Å². The highest BCUT2D eigenvalue weighted by Gasteiger charge is 2.17. The molecule has 0 atom stereocenters. The maximum absolute atomic E-state index is 12.1. The number of carbonyl (C=O) groups is 2. The van der Waals surface area contributed by atoms with Crippen molar-refractivity contribution in [2.45, 2.75) is 33.3 Å². The molecule has 3 rings (SSSR count). The standard InChI is InChI=1S/C24H24N2O3S/c1-17(2)20-11-9-19(10-12-20)15-29-23(28)14-13-21-16-30-24(25-21)26(18(3)27)22-7-5-4-6-8-22/h4-14,16-17H,15H2,1-3H3/b14-13+.